The van der Waals surface area contributed by atoms with Gasteiger partial charge < -0.3 is 15.8 Å². The van der Waals surface area contributed by atoms with Crippen LogP contribution < -0.4 is 15.8 Å². The first-order chi connectivity index (χ1) is 18.2. The van der Waals surface area contributed by atoms with E-state index in [1.807, 2.05) is 30.3 Å². The lowest BCUT2D eigenvalue weighted by atomic mass is 9.92. The summed E-state index contributed by atoms with van der Waals surface area (Å²) in [7, 11) is -2.62. The largest absolute Gasteiger partial charge is 0.374 e. The Bertz CT molecular complexity index is 1330. The van der Waals surface area contributed by atoms with E-state index in [9.17, 15) is 18.0 Å². The van der Waals surface area contributed by atoms with Gasteiger partial charge in [-0.05, 0) is 56.5 Å². The molecule has 2 aromatic rings. The Morgan fingerprint density at radius 1 is 1.12 bits per heavy atom. The third-order valence-electron chi connectivity index (χ3n) is 6.15. The topological polar surface area (TPSA) is 140 Å². The normalized spacial score (nSPS) is 16.7. The number of sulfonamides is 1. The molecule has 0 aliphatic carbocycles. The number of hydroxylamine groups is 2. The zero-order valence-corrected chi connectivity index (χ0v) is 25.5. The van der Waals surface area contributed by atoms with E-state index in [0.717, 1.165) is 10.6 Å². The Hall–Kier alpha value is -2.51. The first-order valence-electron chi connectivity index (χ1n) is 12.3. The quantitative estimate of drug-likeness (QED) is 0.330. The van der Waals surface area contributed by atoms with Gasteiger partial charge in [-0.25, -0.2) is 18.2 Å². The van der Waals surface area contributed by atoms with E-state index in [2.05, 4.69) is 10.0 Å². The van der Waals surface area contributed by atoms with Crippen molar-refractivity contribution in [1.29, 1.82) is 0 Å². The van der Waals surface area contributed by atoms with E-state index in [4.69, 9.17) is 26.9 Å². The van der Waals surface area contributed by atoms with Gasteiger partial charge in [-0.1, -0.05) is 54.1 Å². The summed E-state index contributed by atoms with van der Waals surface area (Å²) in [5, 5.41) is 4.11. The molecule has 1 aliphatic rings. The average molecular weight is 616 g/mol. The van der Waals surface area contributed by atoms with Crippen molar-refractivity contribution in [2.24, 2.45) is 5.73 Å². The number of ether oxygens (including phenoxy) is 1. The van der Waals surface area contributed by atoms with Crippen LogP contribution >= 0.6 is 24.0 Å². The minimum atomic E-state index is -3.91. The van der Waals surface area contributed by atoms with Gasteiger partial charge in [-0.3, -0.25) is 14.4 Å². The summed E-state index contributed by atoms with van der Waals surface area (Å²) in [6.07, 6.45) is 0. The molecule has 1 atom stereocenters. The highest BCUT2D eigenvalue weighted by Crippen LogP contribution is 2.38. The molecule has 2 amide bonds. The second kappa shape index (κ2) is 13.4. The van der Waals surface area contributed by atoms with Crippen molar-refractivity contribution in [3.05, 3.63) is 76.3 Å². The summed E-state index contributed by atoms with van der Waals surface area (Å²) in [6.45, 7) is 6.26. The minimum absolute atomic E-state index is 0. The molecule has 1 aliphatic heterocycles. The van der Waals surface area contributed by atoms with Gasteiger partial charge in [0.05, 0.1) is 42.9 Å². The summed E-state index contributed by atoms with van der Waals surface area (Å²) in [5.41, 5.74) is 5.35. The first-order valence-corrected chi connectivity index (χ1v) is 14.1. The second-order valence-corrected chi connectivity index (χ2v) is 12.4. The van der Waals surface area contributed by atoms with Gasteiger partial charge in [-0.2, -0.15) is 0 Å². The summed E-state index contributed by atoms with van der Waals surface area (Å²) in [4.78, 5) is 31.8. The highest BCUT2D eigenvalue weighted by molar-refractivity contribution is 7.99. The molecule has 4 N–H and O–H groups in total. The van der Waals surface area contributed by atoms with Gasteiger partial charge >= 0.3 is 0 Å². The first kappa shape index (κ1) is 33.7. The Labute approximate surface area is 246 Å². The van der Waals surface area contributed by atoms with Crippen LogP contribution in [0.5, 0.6) is 0 Å². The lowest BCUT2D eigenvalue weighted by Crippen LogP contribution is -2.58. The SMILES string of the molecule is CON(CC1=C(c2ccc(Cl)cc2)S(=O)(=O)NC1(C)C)C(=O)[C@@H](COCc1ccccc1)NC(=O)C(C)(C)N.Cl. The van der Waals surface area contributed by atoms with E-state index >= 15 is 0 Å². The van der Waals surface area contributed by atoms with Crippen LogP contribution in [0.4, 0.5) is 0 Å². The van der Waals surface area contributed by atoms with Crippen molar-refractivity contribution < 1.29 is 27.6 Å². The molecular weight excluding hydrogens is 579 g/mol. The van der Waals surface area contributed by atoms with Crippen LogP contribution in [-0.2, 0) is 35.8 Å². The molecule has 13 heteroatoms. The minimum Gasteiger partial charge on any atom is -0.374 e. The highest BCUT2D eigenvalue weighted by atomic mass is 35.5. The monoisotopic (exact) mass is 614 g/mol. The van der Waals surface area contributed by atoms with Gasteiger partial charge in [0, 0.05) is 5.02 Å². The van der Waals surface area contributed by atoms with E-state index < -0.39 is 39.0 Å². The maximum atomic E-state index is 13.7. The van der Waals surface area contributed by atoms with Crippen LogP contribution in [0.1, 0.15) is 38.8 Å². The molecule has 0 saturated carbocycles. The molecule has 0 radical (unpaired) electrons. The number of hydrogen-bond donors (Lipinski definition) is 3. The maximum absolute atomic E-state index is 13.7. The fourth-order valence-corrected chi connectivity index (χ4v) is 6.15. The molecule has 220 valence electrons. The molecule has 0 fully saturated rings. The predicted octanol–water partition coefficient (Wildman–Crippen LogP) is 3.01. The van der Waals surface area contributed by atoms with Crippen LogP contribution in [0.2, 0.25) is 5.02 Å². The van der Waals surface area contributed by atoms with Crippen molar-refractivity contribution in [2.75, 3.05) is 20.3 Å². The molecule has 0 unspecified atom stereocenters. The maximum Gasteiger partial charge on any atom is 0.271 e. The molecule has 40 heavy (non-hydrogen) atoms. The number of benzene rings is 2. The van der Waals surface area contributed by atoms with E-state index in [0.29, 0.717) is 16.2 Å². The van der Waals surface area contributed by atoms with Gasteiger partial charge in [0.25, 0.3) is 5.91 Å². The van der Waals surface area contributed by atoms with Crippen molar-refractivity contribution in [2.45, 2.75) is 51.4 Å². The molecule has 0 aromatic heterocycles. The van der Waals surface area contributed by atoms with Crippen LogP contribution in [0.15, 0.2) is 60.2 Å². The Kier molecular flexibility index (Phi) is 11.3. The van der Waals surface area contributed by atoms with Crippen LogP contribution in [0.25, 0.3) is 4.91 Å². The molecule has 2 aromatic carbocycles. The number of amides is 2. The highest BCUT2D eigenvalue weighted by Gasteiger charge is 2.44. The fourth-order valence-electron chi connectivity index (χ4n) is 4.03. The van der Waals surface area contributed by atoms with E-state index in [-0.39, 0.29) is 37.1 Å². The molecule has 0 bridgehead atoms. The lowest BCUT2D eigenvalue weighted by Gasteiger charge is -2.31. The lowest BCUT2D eigenvalue weighted by molar-refractivity contribution is -0.178. The Morgan fingerprint density at radius 3 is 2.27 bits per heavy atom. The fraction of sp³-hybridized carbons (Fsp3) is 0.407. The second-order valence-electron chi connectivity index (χ2n) is 10.4. The predicted molar refractivity (Wildman–Crippen MR) is 157 cm³/mol. The zero-order chi connectivity index (χ0) is 29.0. The summed E-state index contributed by atoms with van der Waals surface area (Å²) in [6, 6.07) is 14.6. The third-order valence-corrected chi connectivity index (χ3v) is 8.20. The Morgan fingerprint density at radius 2 is 1.73 bits per heavy atom. The molecular formula is C27H36Cl2N4O6S. The number of halogens is 2. The summed E-state index contributed by atoms with van der Waals surface area (Å²) in [5.74, 6) is -1.20. The summed E-state index contributed by atoms with van der Waals surface area (Å²) >= 11 is 6.01. The smallest absolute Gasteiger partial charge is 0.271 e. The molecule has 10 nitrogen and oxygen atoms in total. The van der Waals surface area contributed by atoms with Gasteiger partial charge in [0.1, 0.15) is 6.04 Å². The zero-order valence-electron chi connectivity index (χ0n) is 23.1. The number of nitrogens with two attached hydrogens (primary N) is 1. The van der Waals surface area contributed by atoms with Gasteiger partial charge in [0.2, 0.25) is 15.9 Å². The number of carbonyl (C=O) groups excluding carboxylic acids is 2. The number of hydrogen-bond acceptors (Lipinski definition) is 7. The van der Waals surface area contributed by atoms with Crippen LogP contribution in [-0.4, -0.2) is 62.7 Å². The number of rotatable bonds is 11. The van der Waals surface area contributed by atoms with Gasteiger partial charge in [-0.15, -0.1) is 12.4 Å². The van der Waals surface area contributed by atoms with Crippen LogP contribution in [0, 0.1) is 0 Å². The molecule has 0 saturated heterocycles. The number of nitrogens with one attached hydrogen (secondary N) is 2. The van der Waals surface area contributed by atoms with Crippen molar-refractivity contribution in [3.8, 4) is 0 Å². The Balaban J connectivity index is 0.00000560. The number of carbonyl (C=O) groups is 2. The van der Waals surface area contributed by atoms with Gasteiger partial charge in [0.15, 0.2) is 0 Å². The third kappa shape index (κ3) is 8.26. The van der Waals surface area contributed by atoms with Crippen molar-refractivity contribution in [3.63, 3.8) is 0 Å². The molecule has 1 heterocycles. The van der Waals surface area contributed by atoms with E-state index in [1.54, 1.807) is 38.1 Å². The standard InChI is InChI=1S/C27H35ClN4O6S.ClH/c1-26(2,29)25(34)30-22(17-38-16-18-9-7-6-8-10-18)24(33)32(37-5)15-21-23(19-11-13-20(28)14-12-19)39(35,36)31-27(21,3)4;/h6-14,22,31H,15-17,29H2,1-5H3,(H,30,34);1H/t22-;/m1./s1. The summed E-state index contributed by atoms with van der Waals surface area (Å²) < 4.78 is 34.7. The van der Waals surface area contributed by atoms with Crippen molar-refractivity contribution in [1.82, 2.24) is 15.1 Å². The molecule has 3 rings (SSSR count). The van der Waals surface area contributed by atoms with E-state index in [1.165, 1.54) is 21.0 Å². The van der Waals surface area contributed by atoms with Crippen LogP contribution in [0.3, 0.4) is 0 Å². The number of nitrogens with zero attached hydrogens (tertiary/aromatic N) is 1. The molecule has 0 spiro atoms. The van der Waals surface area contributed by atoms with Crippen molar-refractivity contribution >= 4 is 50.8 Å². The average Bonchev–Trinajstić information content (AvgIpc) is 3.04.